The lowest BCUT2D eigenvalue weighted by molar-refractivity contribution is -0.118. The average Bonchev–Trinajstić information content (AvgIpc) is 2.17. The molecule has 1 aromatic carbocycles. The Bertz CT molecular complexity index is 579. The maximum absolute atomic E-state index is 11.1. The van der Waals surface area contributed by atoms with Gasteiger partial charge in [-0.3, -0.25) is 4.79 Å². The van der Waals surface area contributed by atoms with Crippen molar-refractivity contribution >= 4 is 21.7 Å². The van der Waals surface area contributed by atoms with Crippen molar-refractivity contribution in [3.63, 3.8) is 0 Å². The van der Waals surface area contributed by atoms with Gasteiger partial charge in [-0.15, -0.1) is 0 Å². The molecule has 2 rings (SSSR count). The maximum Gasteiger partial charge on any atom is 0.306 e. The number of rotatable bonds is 2. The lowest BCUT2D eigenvalue weighted by Gasteiger charge is -2.19. The highest BCUT2D eigenvalue weighted by molar-refractivity contribution is 7.86. The van der Waals surface area contributed by atoms with Crippen LogP contribution in [0.25, 0.3) is 0 Å². The SMILES string of the molecule is Cc1cc2c(cc1OS(C)(=O)=O)NC(=O)CO2. The standard InChI is InChI=1S/C10H11NO5S/c1-6-3-9-7(11-10(12)5-15-9)4-8(6)16-17(2,13)14/h3-4H,5H2,1-2H3,(H,11,12). The molecule has 0 aliphatic carbocycles. The van der Waals surface area contributed by atoms with E-state index in [9.17, 15) is 13.2 Å². The minimum atomic E-state index is -3.59. The second-order valence-corrected chi connectivity index (χ2v) is 5.31. The molecule has 1 heterocycles. The van der Waals surface area contributed by atoms with Crippen LogP contribution < -0.4 is 14.2 Å². The predicted molar refractivity (Wildman–Crippen MR) is 60.8 cm³/mol. The van der Waals surface area contributed by atoms with Gasteiger partial charge in [-0.1, -0.05) is 0 Å². The molecule has 1 aromatic rings. The molecular weight excluding hydrogens is 246 g/mol. The molecule has 0 saturated carbocycles. The predicted octanol–water partition coefficient (Wildman–Crippen LogP) is 0.664. The molecule has 1 aliphatic heterocycles. The summed E-state index contributed by atoms with van der Waals surface area (Å²) in [5, 5.41) is 2.57. The van der Waals surface area contributed by atoms with Gasteiger partial charge in [0.05, 0.1) is 11.9 Å². The Morgan fingerprint density at radius 1 is 1.41 bits per heavy atom. The first-order chi connectivity index (χ1) is 7.85. The van der Waals surface area contributed by atoms with Gasteiger partial charge in [0.2, 0.25) is 0 Å². The van der Waals surface area contributed by atoms with E-state index in [0.717, 1.165) is 6.26 Å². The van der Waals surface area contributed by atoms with Crippen LogP contribution >= 0.6 is 0 Å². The minimum absolute atomic E-state index is 0.0429. The molecule has 6 nitrogen and oxygen atoms in total. The van der Waals surface area contributed by atoms with Crippen molar-refractivity contribution in [2.45, 2.75) is 6.92 Å². The molecule has 0 spiro atoms. The number of carbonyl (C=O) groups is 1. The van der Waals surface area contributed by atoms with E-state index in [2.05, 4.69) is 5.32 Å². The first-order valence-electron chi connectivity index (χ1n) is 4.82. The fraction of sp³-hybridized carbons (Fsp3) is 0.300. The number of nitrogens with one attached hydrogen (secondary N) is 1. The van der Waals surface area contributed by atoms with Crippen LogP contribution in [-0.4, -0.2) is 27.2 Å². The Balaban J connectivity index is 2.42. The summed E-state index contributed by atoms with van der Waals surface area (Å²) in [5.41, 5.74) is 1.02. The molecule has 1 N–H and O–H groups in total. The molecule has 0 saturated heterocycles. The Labute approximate surface area is 98.7 Å². The third-order valence-electron chi connectivity index (χ3n) is 2.15. The van der Waals surface area contributed by atoms with Crippen molar-refractivity contribution in [3.05, 3.63) is 17.7 Å². The first kappa shape index (κ1) is 11.7. The summed E-state index contributed by atoms with van der Waals surface area (Å²) in [6.45, 7) is 1.65. The van der Waals surface area contributed by atoms with E-state index < -0.39 is 10.1 Å². The Kier molecular flexibility index (Phi) is 2.70. The van der Waals surface area contributed by atoms with Crippen LogP contribution in [0.5, 0.6) is 11.5 Å². The van der Waals surface area contributed by atoms with Gasteiger partial charge in [0.1, 0.15) is 11.5 Å². The second kappa shape index (κ2) is 3.92. The lowest BCUT2D eigenvalue weighted by Crippen LogP contribution is -2.25. The number of benzene rings is 1. The summed E-state index contributed by atoms with van der Waals surface area (Å²) < 4.78 is 32.1. The molecule has 0 atom stereocenters. The van der Waals surface area contributed by atoms with Crippen molar-refractivity contribution in [3.8, 4) is 11.5 Å². The van der Waals surface area contributed by atoms with Crippen molar-refractivity contribution in [1.82, 2.24) is 0 Å². The molecule has 0 unspecified atom stereocenters. The Morgan fingerprint density at radius 2 is 2.12 bits per heavy atom. The van der Waals surface area contributed by atoms with E-state index in [1.807, 2.05) is 0 Å². The van der Waals surface area contributed by atoms with E-state index in [-0.39, 0.29) is 18.3 Å². The monoisotopic (exact) mass is 257 g/mol. The van der Waals surface area contributed by atoms with Crippen LogP contribution in [0.3, 0.4) is 0 Å². The highest BCUT2D eigenvalue weighted by Gasteiger charge is 2.19. The second-order valence-electron chi connectivity index (χ2n) is 3.74. The minimum Gasteiger partial charge on any atom is -0.482 e. The molecule has 1 aliphatic rings. The molecule has 1 amide bonds. The number of fused-ring (bicyclic) bond motifs is 1. The van der Waals surface area contributed by atoms with E-state index in [0.29, 0.717) is 17.0 Å². The quantitative estimate of drug-likeness (QED) is 0.787. The van der Waals surface area contributed by atoms with Gasteiger partial charge in [-0.25, -0.2) is 0 Å². The zero-order valence-corrected chi connectivity index (χ0v) is 10.1. The van der Waals surface area contributed by atoms with E-state index >= 15 is 0 Å². The maximum atomic E-state index is 11.1. The van der Waals surface area contributed by atoms with E-state index in [1.165, 1.54) is 6.07 Å². The molecule has 0 aromatic heterocycles. The lowest BCUT2D eigenvalue weighted by atomic mass is 10.1. The van der Waals surface area contributed by atoms with Gasteiger partial charge in [-0.05, 0) is 18.6 Å². The third kappa shape index (κ3) is 2.68. The molecule has 7 heteroatoms. The zero-order chi connectivity index (χ0) is 12.6. The molecule has 0 radical (unpaired) electrons. The summed E-state index contributed by atoms with van der Waals surface area (Å²) in [6, 6.07) is 3.05. The van der Waals surface area contributed by atoms with Crippen LogP contribution in [0.4, 0.5) is 5.69 Å². The van der Waals surface area contributed by atoms with Crippen LogP contribution in [0.15, 0.2) is 12.1 Å². The number of amides is 1. The highest BCUT2D eigenvalue weighted by Crippen LogP contribution is 2.34. The molecule has 92 valence electrons. The van der Waals surface area contributed by atoms with Crippen LogP contribution in [0.2, 0.25) is 0 Å². The van der Waals surface area contributed by atoms with Gasteiger partial charge in [-0.2, -0.15) is 8.42 Å². The van der Waals surface area contributed by atoms with Crippen molar-refractivity contribution in [1.29, 1.82) is 0 Å². The third-order valence-corrected chi connectivity index (χ3v) is 2.63. The summed E-state index contributed by atoms with van der Waals surface area (Å²) >= 11 is 0. The molecule has 0 bridgehead atoms. The average molecular weight is 257 g/mol. The summed E-state index contributed by atoms with van der Waals surface area (Å²) in [6.07, 6.45) is 0.959. The fourth-order valence-electron chi connectivity index (χ4n) is 1.46. The molecule has 0 fully saturated rings. The summed E-state index contributed by atoms with van der Waals surface area (Å²) in [4.78, 5) is 11.1. The van der Waals surface area contributed by atoms with E-state index in [1.54, 1.807) is 13.0 Å². The van der Waals surface area contributed by atoms with Gasteiger partial charge < -0.3 is 14.2 Å². The summed E-state index contributed by atoms with van der Waals surface area (Å²) in [7, 11) is -3.59. The number of aryl methyl sites for hydroxylation is 1. The zero-order valence-electron chi connectivity index (χ0n) is 9.31. The summed E-state index contributed by atoms with van der Waals surface area (Å²) in [5.74, 6) is 0.395. The van der Waals surface area contributed by atoms with Crippen LogP contribution in [0.1, 0.15) is 5.56 Å². The largest absolute Gasteiger partial charge is 0.482 e. The van der Waals surface area contributed by atoms with Gasteiger partial charge in [0.25, 0.3) is 5.91 Å². The number of hydrogen-bond acceptors (Lipinski definition) is 5. The van der Waals surface area contributed by atoms with Gasteiger partial charge in [0.15, 0.2) is 6.61 Å². The van der Waals surface area contributed by atoms with Crippen molar-refractivity contribution in [2.24, 2.45) is 0 Å². The Hall–Kier alpha value is -1.76. The van der Waals surface area contributed by atoms with E-state index in [4.69, 9.17) is 8.92 Å². The number of ether oxygens (including phenoxy) is 1. The van der Waals surface area contributed by atoms with Crippen molar-refractivity contribution < 1.29 is 22.1 Å². The van der Waals surface area contributed by atoms with Gasteiger partial charge >= 0.3 is 10.1 Å². The first-order valence-corrected chi connectivity index (χ1v) is 6.63. The number of hydrogen-bond donors (Lipinski definition) is 1. The van der Waals surface area contributed by atoms with Crippen LogP contribution in [-0.2, 0) is 14.9 Å². The van der Waals surface area contributed by atoms with Crippen molar-refractivity contribution in [2.75, 3.05) is 18.2 Å². The highest BCUT2D eigenvalue weighted by atomic mass is 32.2. The smallest absolute Gasteiger partial charge is 0.306 e. The normalized spacial score (nSPS) is 14.6. The number of anilines is 1. The van der Waals surface area contributed by atoms with Crippen LogP contribution in [0, 0.1) is 6.92 Å². The topological polar surface area (TPSA) is 81.7 Å². The van der Waals surface area contributed by atoms with Gasteiger partial charge in [0, 0.05) is 6.07 Å². The molecular formula is C10H11NO5S. The number of carbonyl (C=O) groups excluding carboxylic acids is 1. The molecule has 17 heavy (non-hydrogen) atoms. The Morgan fingerprint density at radius 3 is 2.76 bits per heavy atom. The fourth-order valence-corrected chi connectivity index (χ4v) is 1.97.